The quantitative estimate of drug-likeness (QED) is 0.425. The maximum atomic E-state index is 12.8. The molecule has 1 saturated carbocycles. The normalized spacial score (nSPS) is 26.1. The van der Waals surface area contributed by atoms with Crippen LogP contribution in [0.3, 0.4) is 0 Å². The highest BCUT2D eigenvalue weighted by atomic mass is 19.4. The van der Waals surface area contributed by atoms with Crippen molar-refractivity contribution in [2.24, 2.45) is 5.92 Å². The summed E-state index contributed by atoms with van der Waals surface area (Å²) in [6.07, 6.45) is -3.08. The van der Waals surface area contributed by atoms with Gasteiger partial charge in [-0.2, -0.15) is 13.2 Å². The minimum atomic E-state index is -4.30. The van der Waals surface area contributed by atoms with Crippen LogP contribution in [0.1, 0.15) is 39.0 Å². The molecule has 0 aromatic carbocycles. The number of carbonyl (C=O) groups excluding carboxylic acids is 1. The van der Waals surface area contributed by atoms with E-state index in [0.717, 1.165) is 6.42 Å². The van der Waals surface area contributed by atoms with Gasteiger partial charge in [0.2, 0.25) is 0 Å². The van der Waals surface area contributed by atoms with Gasteiger partial charge in [0.25, 0.3) is 0 Å². The van der Waals surface area contributed by atoms with E-state index in [1.807, 2.05) is 0 Å². The van der Waals surface area contributed by atoms with Gasteiger partial charge in [-0.3, -0.25) is 0 Å². The molecule has 0 heterocycles. The lowest BCUT2D eigenvalue weighted by Crippen LogP contribution is -2.36. The summed E-state index contributed by atoms with van der Waals surface area (Å²) in [6.45, 7) is 4.81. The van der Waals surface area contributed by atoms with Crippen LogP contribution in [0.25, 0.3) is 0 Å². The third-order valence-corrected chi connectivity index (χ3v) is 2.98. The number of hydrogen-bond donors (Lipinski definition) is 0. The van der Waals surface area contributed by atoms with Crippen LogP contribution >= 0.6 is 0 Å². The second kappa shape index (κ2) is 5.56. The smallest absolute Gasteiger partial charge is 0.395 e. The fourth-order valence-corrected chi connectivity index (χ4v) is 2.03. The maximum Gasteiger partial charge on any atom is 0.395 e. The predicted octanol–water partition coefficient (Wildman–Crippen LogP) is 3.62. The van der Waals surface area contributed by atoms with Gasteiger partial charge in [0.15, 0.2) is 0 Å². The number of halogens is 3. The van der Waals surface area contributed by atoms with Gasteiger partial charge in [0.05, 0.1) is 5.92 Å². The van der Waals surface area contributed by atoms with Crippen molar-refractivity contribution < 1.29 is 22.7 Å². The van der Waals surface area contributed by atoms with Crippen molar-refractivity contribution in [3.05, 3.63) is 12.2 Å². The average molecular weight is 250 g/mol. The first kappa shape index (κ1) is 14.1. The molecule has 0 aromatic heterocycles. The summed E-state index contributed by atoms with van der Waals surface area (Å²) in [7, 11) is 0. The lowest BCUT2D eigenvalue weighted by Gasteiger charge is -2.27. The zero-order valence-corrected chi connectivity index (χ0v) is 9.85. The highest BCUT2D eigenvalue weighted by Crippen LogP contribution is 2.38. The number of carbonyl (C=O) groups is 1. The Bertz CT molecular complexity index is 297. The molecule has 1 rings (SSSR count). The summed E-state index contributed by atoms with van der Waals surface area (Å²) in [5.41, 5.74) is 0.134. The molecular formula is C12H17F3O2. The van der Waals surface area contributed by atoms with E-state index in [2.05, 4.69) is 6.58 Å². The Morgan fingerprint density at radius 2 is 1.82 bits per heavy atom. The molecule has 1 aliphatic carbocycles. The number of hydrogen-bond acceptors (Lipinski definition) is 2. The van der Waals surface area contributed by atoms with E-state index in [4.69, 9.17) is 4.74 Å². The molecule has 0 saturated heterocycles. The summed E-state index contributed by atoms with van der Waals surface area (Å²) in [5.74, 6) is -2.26. The number of ether oxygens (including phenoxy) is 1. The predicted molar refractivity (Wildman–Crippen MR) is 57.3 cm³/mol. The van der Waals surface area contributed by atoms with Gasteiger partial charge in [-0.25, -0.2) is 4.79 Å². The Labute approximate surface area is 98.8 Å². The molecule has 0 spiro atoms. The zero-order valence-electron chi connectivity index (χ0n) is 9.85. The van der Waals surface area contributed by atoms with E-state index >= 15 is 0 Å². The van der Waals surface area contributed by atoms with Crippen molar-refractivity contribution in [2.75, 3.05) is 0 Å². The molecule has 0 bridgehead atoms. The van der Waals surface area contributed by atoms with Crippen molar-refractivity contribution in [3.63, 3.8) is 0 Å². The van der Waals surface area contributed by atoms with Gasteiger partial charge in [-0.15, -0.1) is 0 Å². The average Bonchev–Trinajstić information content (AvgIpc) is 2.41. The maximum absolute atomic E-state index is 12.8. The third-order valence-electron chi connectivity index (χ3n) is 2.98. The second-order valence-corrected chi connectivity index (χ2v) is 4.51. The molecule has 0 aromatic rings. The lowest BCUT2D eigenvalue weighted by molar-refractivity contribution is -0.208. The number of rotatable bonds is 2. The fraction of sp³-hybridized carbons (Fsp3) is 0.750. The molecule has 2 unspecified atom stereocenters. The molecule has 1 aliphatic rings. The fourth-order valence-electron chi connectivity index (χ4n) is 2.03. The first-order valence-electron chi connectivity index (χ1n) is 5.75. The number of alkyl halides is 3. The van der Waals surface area contributed by atoms with E-state index in [1.165, 1.54) is 6.92 Å². The molecule has 0 N–H and O–H groups in total. The molecule has 1 fully saturated rings. The van der Waals surface area contributed by atoms with Crippen LogP contribution in [0.15, 0.2) is 12.2 Å². The molecule has 98 valence electrons. The van der Waals surface area contributed by atoms with Crippen molar-refractivity contribution in [1.82, 2.24) is 0 Å². The van der Waals surface area contributed by atoms with Crippen molar-refractivity contribution in [1.29, 1.82) is 0 Å². The molecule has 2 atom stereocenters. The SMILES string of the molecule is C=C(C)C(=O)OC1CCCCCC1C(F)(F)F. The van der Waals surface area contributed by atoms with E-state index < -0.39 is 24.2 Å². The van der Waals surface area contributed by atoms with Crippen LogP contribution in [-0.4, -0.2) is 18.2 Å². The Morgan fingerprint density at radius 3 is 2.35 bits per heavy atom. The van der Waals surface area contributed by atoms with Crippen molar-refractivity contribution in [2.45, 2.75) is 51.3 Å². The van der Waals surface area contributed by atoms with Crippen LogP contribution in [0, 0.1) is 5.92 Å². The second-order valence-electron chi connectivity index (χ2n) is 4.51. The minimum absolute atomic E-state index is 0.0393. The number of esters is 1. The van der Waals surface area contributed by atoms with Gasteiger partial charge in [-0.1, -0.05) is 19.4 Å². The van der Waals surface area contributed by atoms with E-state index in [-0.39, 0.29) is 18.4 Å². The summed E-state index contributed by atoms with van der Waals surface area (Å²) in [5, 5.41) is 0. The summed E-state index contributed by atoms with van der Waals surface area (Å²) < 4.78 is 43.3. The lowest BCUT2D eigenvalue weighted by atomic mass is 9.96. The first-order chi connectivity index (χ1) is 7.82. The molecule has 2 nitrogen and oxygen atoms in total. The first-order valence-corrected chi connectivity index (χ1v) is 5.75. The van der Waals surface area contributed by atoms with Crippen LogP contribution < -0.4 is 0 Å². The highest BCUT2D eigenvalue weighted by Gasteiger charge is 2.46. The molecule has 0 radical (unpaired) electrons. The van der Waals surface area contributed by atoms with Gasteiger partial charge in [0.1, 0.15) is 6.10 Å². The van der Waals surface area contributed by atoms with E-state index in [1.54, 1.807) is 0 Å². The van der Waals surface area contributed by atoms with Gasteiger partial charge >= 0.3 is 12.1 Å². The topological polar surface area (TPSA) is 26.3 Å². The largest absolute Gasteiger partial charge is 0.458 e. The molecule has 17 heavy (non-hydrogen) atoms. The monoisotopic (exact) mass is 250 g/mol. The van der Waals surface area contributed by atoms with Crippen LogP contribution in [-0.2, 0) is 9.53 Å². The van der Waals surface area contributed by atoms with Gasteiger partial charge < -0.3 is 4.74 Å². The van der Waals surface area contributed by atoms with Crippen molar-refractivity contribution >= 4 is 5.97 Å². The molecule has 0 amide bonds. The third kappa shape index (κ3) is 4.06. The van der Waals surface area contributed by atoms with Gasteiger partial charge in [0, 0.05) is 5.57 Å². The van der Waals surface area contributed by atoms with Crippen LogP contribution in [0.4, 0.5) is 13.2 Å². The summed E-state index contributed by atoms with van der Waals surface area (Å²) in [6, 6.07) is 0. The molecule has 0 aliphatic heterocycles. The molecular weight excluding hydrogens is 233 g/mol. The van der Waals surface area contributed by atoms with Gasteiger partial charge in [-0.05, 0) is 26.2 Å². The Morgan fingerprint density at radius 1 is 1.24 bits per heavy atom. The Balaban J connectivity index is 2.75. The van der Waals surface area contributed by atoms with E-state index in [9.17, 15) is 18.0 Å². The standard InChI is InChI=1S/C12H17F3O2/c1-8(2)11(16)17-10-7-5-3-4-6-9(10)12(13,14)15/h9-10H,1,3-7H2,2H3. The minimum Gasteiger partial charge on any atom is -0.458 e. The highest BCUT2D eigenvalue weighted by molar-refractivity contribution is 5.87. The Hall–Kier alpha value is -1.00. The summed E-state index contributed by atoms with van der Waals surface area (Å²) >= 11 is 0. The van der Waals surface area contributed by atoms with Crippen molar-refractivity contribution in [3.8, 4) is 0 Å². The van der Waals surface area contributed by atoms with Crippen LogP contribution in [0.2, 0.25) is 0 Å². The zero-order chi connectivity index (χ0) is 13.1. The van der Waals surface area contributed by atoms with E-state index in [0.29, 0.717) is 12.8 Å². The Kier molecular flexibility index (Phi) is 4.60. The molecule has 5 heteroatoms. The summed E-state index contributed by atoms with van der Waals surface area (Å²) in [4.78, 5) is 11.3. The van der Waals surface area contributed by atoms with Crippen LogP contribution in [0.5, 0.6) is 0 Å².